The number of halogens is 3. The highest BCUT2D eigenvalue weighted by molar-refractivity contribution is 6.30. The highest BCUT2D eigenvalue weighted by Gasteiger charge is 2.44. The molecule has 3 N–H and O–H groups in total. The van der Waals surface area contributed by atoms with Crippen molar-refractivity contribution in [1.29, 1.82) is 0 Å². The number of amidine groups is 1. The molecule has 0 aliphatic carbocycles. The van der Waals surface area contributed by atoms with Gasteiger partial charge in [-0.3, -0.25) is 4.79 Å². The lowest BCUT2D eigenvalue weighted by Gasteiger charge is -2.19. The maximum absolute atomic E-state index is 13.7. The summed E-state index contributed by atoms with van der Waals surface area (Å²) in [5, 5.41) is 19.7. The first-order valence-electron chi connectivity index (χ1n) is 12.1. The Bertz CT molecular complexity index is 1650. The lowest BCUT2D eigenvalue weighted by molar-refractivity contribution is -0.490. The number of azo groups is 2. The zero-order chi connectivity index (χ0) is 27.1. The van der Waals surface area contributed by atoms with Gasteiger partial charge in [-0.05, 0) is 47.5 Å². The van der Waals surface area contributed by atoms with Crippen LogP contribution in [0.25, 0.3) is 5.57 Å². The summed E-state index contributed by atoms with van der Waals surface area (Å²) in [7, 11) is 1.91. The molecule has 1 aromatic heterocycles. The molecule has 1 amide bonds. The number of aliphatic hydroxyl groups excluding tert-OH is 1. The summed E-state index contributed by atoms with van der Waals surface area (Å²) < 4.78 is 33.1. The van der Waals surface area contributed by atoms with Gasteiger partial charge in [0.2, 0.25) is 17.8 Å². The first kappa shape index (κ1) is 25.0. The molecule has 3 aliphatic rings. The summed E-state index contributed by atoms with van der Waals surface area (Å²) in [6, 6.07) is 14.8. The van der Waals surface area contributed by atoms with Gasteiger partial charge in [-0.1, -0.05) is 12.1 Å². The van der Waals surface area contributed by atoms with Gasteiger partial charge in [0, 0.05) is 39.9 Å². The Labute approximate surface area is 227 Å². The van der Waals surface area contributed by atoms with E-state index in [0.717, 1.165) is 40.2 Å². The first-order valence-corrected chi connectivity index (χ1v) is 12.6. The topological polar surface area (TPSA) is 84.7 Å². The normalized spacial score (nSPS) is 15.3. The van der Waals surface area contributed by atoms with Crippen LogP contribution in [0, 0.1) is 11.6 Å². The van der Waals surface area contributed by atoms with Gasteiger partial charge in [0.05, 0.1) is 24.1 Å². The maximum atomic E-state index is 13.7. The first-order chi connectivity index (χ1) is 18.9. The average Bonchev–Trinajstić information content (AvgIpc) is 3.50. The highest BCUT2D eigenvalue weighted by atomic mass is 35.5. The number of aliphatic hydroxyl groups is 1. The third-order valence-electron chi connectivity index (χ3n) is 6.44. The number of carbonyl (C=O) groups excluding carboxylic acids is 1. The molecular weight excluding hydrogens is 525 g/mol. The minimum Gasteiger partial charge on any atom is -0.390 e. The van der Waals surface area contributed by atoms with Gasteiger partial charge >= 0.3 is 13.4 Å². The standard InChI is InChI=1S/C27H20BClF2N6O2/c29-12-25(39)33-20-3-1-17(2-4-20)27-22-5-7-24(32-13-16-9-18(30)11-19(31)10-16)36(22)28-37-23(27)6-8-26(37)35-14-21(15-38)34-35/h1-11,14,38H,12-13,15H2,(H-,32,33,34,39)/q+1/p+1. The van der Waals surface area contributed by atoms with E-state index >= 15 is 0 Å². The molecular formula is C27H21BClF2N6O2+2. The van der Waals surface area contributed by atoms with Gasteiger partial charge in [0.1, 0.15) is 17.5 Å². The van der Waals surface area contributed by atoms with Gasteiger partial charge in [-0.15, -0.1) is 11.6 Å². The SMILES string of the molecule is O=C(CCl)Nc1ccc(C2=C3C=CC([N+]4=NC(CO)=C4)=[N+]3[B]n3c(NCc4cc(F)cc(F)c4)ccc32)cc1. The summed E-state index contributed by atoms with van der Waals surface area (Å²) in [5.41, 5.74) is 5.31. The lowest BCUT2D eigenvalue weighted by Crippen LogP contribution is -2.36. The predicted octanol–water partition coefficient (Wildman–Crippen LogP) is 4.00. The Morgan fingerprint density at radius 3 is 2.51 bits per heavy atom. The second-order valence-corrected chi connectivity index (χ2v) is 9.29. The third kappa shape index (κ3) is 4.71. The minimum atomic E-state index is -0.632. The van der Waals surface area contributed by atoms with E-state index in [1.165, 1.54) is 12.1 Å². The number of fused-ring (bicyclic) bond motifs is 2. The minimum absolute atomic E-state index is 0.134. The van der Waals surface area contributed by atoms with E-state index in [4.69, 9.17) is 11.6 Å². The fourth-order valence-corrected chi connectivity index (χ4v) is 4.77. The number of nitrogens with one attached hydrogen (secondary N) is 2. The molecule has 0 spiro atoms. The Hall–Kier alpha value is -4.35. The van der Waals surface area contributed by atoms with Gasteiger partial charge in [0.15, 0.2) is 5.70 Å². The number of alkyl halides is 1. The molecule has 0 fully saturated rings. The summed E-state index contributed by atoms with van der Waals surface area (Å²) in [5.74, 6) is -0.206. The van der Waals surface area contributed by atoms with E-state index in [1.54, 1.807) is 10.9 Å². The van der Waals surface area contributed by atoms with Crippen molar-refractivity contribution in [1.82, 2.24) is 4.48 Å². The average molecular weight is 546 g/mol. The monoisotopic (exact) mass is 545 g/mol. The number of hydrogen-bond donors (Lipinski definition) is 3. The van der Waals surface area contributed by atoms with Crippen LogP contribution in [0.3, 0.4) is 0 Å². The molecule has 4 heterocycles. The number of aromatic nitrogens is 1. The van der Waals surface area contributed by atoms with Crippen molar-refractivity contribution in [2.75, 3.05) is 23.1 Å². The van der Waals surface area contributed by atoms with Crippen LogP contribution in [0.5, 0.6) is 0 Å². The largest absolute Gasteiger partial charge is 0.706 e. The molecule has 8 nitrogen and oxygen atoms in total. The van der Waals surface area contributed by atoms with Crippen molar-refractivity contribution in [3.8, 4) is 0 Å². The zero-order valence-corrected chi connectivity index (χ0v) is 21.2. The number of amides is 1. The number of anilines is 2. The summed E-state index contributed by atoms with van der Waals surface area (Å²) in [6.45, 7) is 0.0694. The molecule has 0 unspecified atom stereocenters. The maximum Gasteiger partial charge on any atom is 0.706 e. The molecule has 39 heavy (non-hydrogen) atoms. The van der Waals surface area contributed by atoms with E-state index in [2.05, 4.69) is 15.7 Å². The van der Waals surface area contributed by atoms with Crippen LogP contribution in [-0.4, -0.2) is 50.5 Å². The molecule has 12 heteroatoms. The zero-order valence-electron chi connectivity index (χ0n) is 20.4. The van der Waals surface area contributed by atoms with Crippen LogP contribution in [0.2, 0.25) is 0 Å². The van der Waals surface area contributed by atoms with Crippen LogP contribution in [0.15, 0.2) is 89.5 Å². The van der Waals surface area contributed by atoms with Crippen molar-refractivity contribution in [2.24, 2.45) is 5.11 Å². The second kappa shape index (κ2) is 10.1. The number of allylic oxidation sites excluding steroid dienone is 1. The molecule has 2 aromatic carbocycles. The van der Waals surface area contributed by atoms with Gasteiger partial charge in [-0.2, -0.15) is 4.49 Å². The molecule has 1 radical (unpaired) electrons. The highest BCUT2D eigenvalue weighted by Crippen LogP contribution is 2.36. The van der Waals surface area contributed by atoms with Crippen molar-refractivity contribution < 1.29 is 27.9 Å². The Morgan fingerprint density at radius 1 is 1.08 bits per heavy atom. The van der Waals surface area contributed by atoms with Crippen LogP contribution in [0.4, 0.5) is 20.3 Å². The molecule has 0 saturated heterocycles. The quantitative estimate of drug-likeness (QED) is 0.238. The van der Waals surface area contributed by atoms with E-state index in [9.17, 15) is 18.7 Å². The van der Waals surface area contributed by atoms with Crippen molar-refractivity contribution in [2.45, 2.75) is 6.54 Å². The molecule has 6 rings (SSSR count). The molecule has 0 saturated carbocycles. The fourth-order valence-electron chi connectivity index (χ4n) is 4.70. The summed E-state index contributed by atoms with van der Waals surface area (Å²) in [6.07, 6.45) is 5.68. The van der Waals surface area contributed by atoms with Gasteiger partial charge in [0.25, 0.3) is 0 Å². The second-order valence-electron chi connectivity index (χ2n) is 9.02. The number of carbonyl (C=O) groups is 1. The van der Waals surface area contributed by atoms with Crippen molar-refractivity contribution in [3.63, 3.8) is 0 Å². The Balaban J connectivity index is 1.39. The molecule has 3 aliphatic heterocycles. The van der Waals surface area contributed by atoms with Crippen LogP contribution >= 0.6 is 11.6 Å². The van der Waals surface area contributed by atoms with Crippen LogP contribution < -0.4 is 10.6 Å². The summed E-state index contributed by atoms with van der Waals surface area (Å²) >= 11 is 5.61. The number of rotatable bonds is 7. The van der Waals surface area contributed by atoms with E-state index in [1.807, 2.05) is 65.1 Å². The number of hydrogen-bond acceptors (Lipinski definition) is 4. The van der Waals surface area contributed by atoms with Crippen molar-refractivity contribution >= 4 is 48.0 Å². The van der Waals surface area contributed by atoms with E-state index < -0.39 is 11.6 Å². The molecule has 0 bridgehead atoms. The Kier molecular flexibility index (Phi) is 6.45. The van der Waals surface area contributed by atoms with Crippen molar-refractivity contribution in [3.05, 3.63) is 113 Å². The van der Waals surface area contributed by atoms with Crippen LogP contribution in [-0.2, 0) is 11.3 Å². The fraction of sp³-hybridized carbons (Fsp3) is 0.111. The number of nitrogens with zero attached hydrogens (tertiary/aromatic N) is 4. The van der Waals surface area contributed by atoms with Crippen LogP contribution in [0.1, 0.15) is 16.8 Å². The number of benzene rings is 2. The molecule has 0 atom stereocenters. The molecule has 193 valence electrons. The Morgan fingerprint density at radius 2 is 1.82 bits per heavy atom. The van der Waals surface area contributed by atoms with Gasteiger partial charge in [-0.25, -0.2) is 8.78 Å². The van der Waals surface area contributed by atoms with E-state index in [0.29, 0.717) is 16.9 Å². The third-order valence-corrected chi connectivity index (χ3v) is 6.68. The lowest BCUT2D eigenvalue weighted by atomic mass is 9.92. The molecule has 3 aromatic rings. The smallest absolute Gasteiger partial charge is 0.390 e. The predicted molar refractivity (Wildman–Crippen MR) is 143 cm³/mol. The summed E-state index contributed by atoms with van der Waals surface area (Å²) in [4.78, 5) is 11.7. The van der Waals surface area contributed by atoms with E-state index in [-0.39, 0.29) is 24.9 Å². The van der Waals surface area contributed by atoms with Gasteiger partial charge < -0.3 is 20.2 Å².